The number of likely N-dealkylation sites (N-methyl/N-ethyl adjacent to an activating group) is 1. The lowest BCUT2D eigenvalue weighted by Gasteiger charge is -2.17. The van der Waals surface area contributed by atoms with Gasteiger partial charge in [-0.2, -0.15) is 0 Å². The number of anilines is 1. The van der Waals surface area contributed by atoms with Crippen molar-refractivity contribution in [3.63, 3.8) is 0 Å². The third-order valence-corrected chi connectivity index (χ3v) is 3.85. The fourth-order valence-electron chi connectivity index (χ4n) is 2.18. The standard InChI is InChI=1S/C18H16ClF3N2O3/c1-24(17(26)10-12-4-2-3-5-15(12)19)11-16(25)23-13-6-8-14(9-7-13)27-18(20,21)22/h2-9H,10-11H2,1H3,(H,23,25). The molecule has 0 unspecified atom stereocenters. The van der Waals surface area contributed by atoms with E-state index in [1.165, 1.54) is 24.1 Å². The van der Waals surface area contributed by atoms with Crippen molar-refractivity contribution in [2.75, 3.05) is 18.9 Å². The molecule has 2 rings (SSSR count). The van der Waals surface area contributed by atoms with Gasteiger partial charge in [-0.15, -0.1) is 13.2 Å². The molecule has 27 heavy (non-hydrogen) atoms. The van der Waals surface area contributed by atoms with Crippen LogP contribution < -0.4 is 10.1 Å². The van der Waals surface area contributed by atoms with E-state index in [1.54, 1.807) is 24.3 Å². The van der Waals surface area contributed by atoms with Gasteiger partial charge in [-0.05, 0) is 35.9 Å². The van der Waals surface area contributed by atoms with Crippen LogP contribution in [-0.4, -0.2) is 36.7 Å². The van der Waals surface area contributed by atoms with Crippen LogP contribution in [0.25, 0.3) is 0 Å². The molecular formula is C18H16ClF3N2O3. The molecule has 1 N–H and O–H groups in total. The summed E-state index contributed by atoms with van der Waals surface area (Å²) in [7, 11) is 1.47. The van der Waals surface area contributed by atoms with Crippen LogP contribution in [0.5, 0.6) is 5.75 Å². The minimum absolute atomic E-state index is 0.0485. The van der Waals surface area contributed by atoms with Crippen LogP contribution in [0.15, 0.2) is 48.5 Å². The Labute approximate surface area is 158 Å². The number of halogens is 4. The first kappa shape index (κ1) is 20.6. The van der Waals surface area contributed by atoms with Crippen LogP contribution in [0.1, 0.15) is 5.56 Å². The first-order chi connectivity index (χ1) is 12.6. The lowest BCUT2D eigenvalue weighted by Crippen LogP contribution is -2.35. The molecule has 5 nitrogen and oxygen atoms in total. The second kappa shape index (κ2) is 8.77. The van der Waals surface area contributed by atoms with Crippen LogP contribution in [0, 0.1) is 0 Å². The van der Waals surface area contributed by atoms with Gasteiger partial charge < -0.3 is 15.0 Å². The number of alkyl halides is 3. The highest BCUT2D eigenvalue weighted by molar-refractivity contribution is 6.31. The molecule has 0 radical (unpaired) electrons. The van der Waals surface area contributed by atoms with Crippen molar-refractivity contribution < 1.29 is 27.5 Å². The molecule has 144 valence electrons. The summed E-state index contributed by atoms with van der Waals surface area (Å²) in [5.74, 6) is -1.19. The third-order valence-electron chi connectivity index (χ3n) is 3.48. The van der Waals surface area contributed by atoms with E-state index in [4.69, 9.17) is 11.6 Å². The maximum Gasteiger partial charge on any atom is 0.573 e. The van der Waals surface area contributed by atoms with Crippen LogP contribution in [-0.2, 0) is 16.0 Å². The van der Waals surface area contributed by atoms with Gasteiger partial charge in [0.05, 0.1) is 13.0 Å². The van der Waals surface area contributed by atoms with E-state index in [0.717, 1.165) is 12.1 Å². The Bertz CT molecular complexity index is 810. The summed E-state index contributed by atoms with van der Waals surface area (Å²) in [5.41, 5.74) is 0.929. The fourth-order valence-corrected chi connectivity index (χ4v) is 2.39. The van der Waals surface area contributed by atoms with Crippen LogP contribution >= 0.6 is 11.6 Å². The molecule has 0 saturated heterocycles. The summed E-state index contributed by atoms with van der Waals surface area (Å²) >= 11 is 6.01. The molecule has 0 fully saturated rings. The van der Waals surface area contributed by atoms with Gasteiger partial charge in [0.1, 0.15) is 5.75 Å². The Hall–Kier alpha value is -2.74. The van der Waals surface area contributed by atoms with Gasteiger partial charge in [0.25, 0.3) is 0 Å². The molecule has 9 heteroatoms. The number of carbonyl (C=O) groups excluding carboxylic acids is 2. The van der Waals surface area contributed by atoms with Gasteiger partial charge in [0, 0.05) is 17.8 Å². The van der Waals surface area contributed by atoms with Gasteiger partial charge in [-0.3, -0.25) is 9.59 Å². The Kier molecular flexibility index (Phi) is 6.68. The first-order valence-corrected chi connectivity index (χ1v) is 8.15. The summed E-state index contributed by atoms with van der Waals surface area (Å²) in [6.45, 7) is -0.218. The maximum absolute atomic E-state index is 12.2. The van der Waals surface area contributed by atoms with E-state index in [0.29, 0.717) is 10.6 Å². The Morgan fingerprint density at radius 3 is 2.33 bits per heavy atom. The molecular weight excluding hydrogens is 385 g/mol. The van der Waals surface area contributed by atoms with E-state index >= 15 is 0 Å². The average Bonchev–Trinajstić information content (AvgIpc) is 2.57. The zero-order chi connectivity index (χ0) is 20.0. The highest BCUT2D eigenvalue weighted by Crippen LogP contribution is 2.24. The Balaban J connectivity index is 1.87. The van der Waals surface area contributed by atoms with Gasteiger partial charge in [0.2, 0.25) is 11.8 Å². The smallest absolute Gasteiger partial charge is 0.406 e. The molecule has 0 aliphatic heterocycles. The van der Waals surface area contributed by atoms with Gasteiger partial charge >= 0.3 is 6.36 Å². The molecule has 0 saturated carbocycles. The molecule has 0 aliphatic carbocycles. The maximum atomic E-state index is 12.2. The lowest BCUT2D eigenvalue weighted by molar-refractivity contribution is -0.274. The number of benzene rings is 2. The third kappa shape index (κ3) is 6.82. The molecule has 2 aromatic rings. The van der Waals surface area contributed by atoms with Crippen molar-refractivity contribution >= 4 is 29.1 Å². The molecule has 0 aromatic heterocycles. The van der Waals surface area contributed by atoms with E-state index in [9.17, 15) is 22.8 Å². The molecule has 0 aliphatic rings. The number of nitrogens with zero attached hydrogens (tertiary/aromatic N) is 1. The highest BCUT2D eigenvalue weighted by Gasteiger charge is 2.31. The van der Waals surface area contributed by atoms with Crippen LogP contribution in [0.3, 0.4) is 0 Å². The number of carbonyl (C=O) groups is 2. The number of hydrogen-bond donors (Lipinski definition) is 1. The monoisotopic (exact) mass is 400 g/mol. The summed E-state index contributed by atoms with van der Waals surface area (Å²) < 4.78 is 40.1. The Morgan fingerprint density at radius 2 is 1.74 bits per heavy atom. The normalized spacial score (nSPS) is 11.0. The van der Waals surface area contributed by atoms with Crippen molar-refractivity contribution in [3.05, 3.63) is 59.1 Å². The predicted octanol–water partition coefficient (Wildman–Crippen LogP) is 3.88. The minimum atomic E-state index is -4.78. The quantitative estimate of drug-likeness (QED) is 0.800. The molecule has 0 heterocycles. The lowest BCUT2D eigenvalue weighted by atomic mass is 10.1. The number of rotatable bonds is 6. The van der Waals surface area contributed by atoms with E-state index < -0.39 is 18.0 Å². The van der Waals surface area contributed by atoms with Crippen molar-refractivity contribution in [2.24, 2.45) is 0 Å². The van der Waals surface area contributed by atoms with Crippen molar-refractivity contribution in [1.29, 1.82) is 0 Å². The molecule has 2 aromatic carbocycles. The van der Waals surface area contributed by atoms with Gasteiger partial charge in [0.15, 0.2) is 0 Å². The second-order valence-electron chi connectivity index (χ2n) is 5.64. The first-order valence-electron chi connectivity index (χ1n) is 7.77. The summed E-state index contributed by atoms with van der Waals surface area (Å²) in [6, 6.07) is 11.6. The highest BCUT2D eigenvalue weighted by atomic mass is 35.5. The largest absolute Gasteiger partial charge is 0.573 e. The molecule has 0 atom stereocenters. The van der Waals surface area contributed by atoms with Gasteiger partial charge in [-0.1, -0.05) is 29.8 Å². The van der Waals surface area contributed by atoms with Crippen molar-refractivity contribution in [2.45, 2.75) is 12.8 Å². The number of ether oxygens (including phenoxy) is 1. The van der Waals surface area contributed by atoms with E-state index in [1.807, 2.05) is 0 Å². The second-order valence-corrected chi connectivity index (χ2v) is 6.05. The Morgan fingerprint density at radius 1 is 1.11 bits per heavy atom. The summed E-state index contributed by atoms with van der Waals surface area (Å²) in [4.78, 5) is 25.4. The molecule has 2 amide bonds. The van der Waals surface area contributed by atoms with Crippen LogP contribution in [0.4, 0.5) is 18.9 Å². The zero-order valence-electron chi connectivity index (χ0n) is 14.2. The fraction of sp³-hybridized carbons (Fsp3) is 0.222. The number of nitrogens with one attached hydrogen (secondary N) is 1. The number of amides is 2. The zero-order valence-corrected chi connectivity index (χ0v) is 15.0. The van der Waals surface area contributed by atoms with Crippen molar-refractivity contribution in [3.8, 4) is 5.75 Å². The van der Waals surface area contributed by atoms with Gasteiger partial charge in [-0.25, -0.2) is 0 Å². The van der Waals surface area contributed by atoms with E-state index in [2.05, 4.69) is 10.1 Å². The number of hydrogen-bond acceptors (Lipinski definition) is 3. The summed E-state index contributed by atoms with van der Waals surface area (Å²) in [5, 5.41) is 2.96. The molecule has 0 bridgehead atoms. The predicted molar refractivity (Wildman–Crippen MR) is 94.5 cm³/mol. The van der Waals surface area contributed by atoms with E-state index in [-0.39, 0.29) is 24.6 Å². The van der Waals surface area contributed by atoms with Crippen LogP contribution in [0.2, 0.25) is 5.02 Å². The van der Waals surface area contributed by atoms with Crippen molar-refractivity contribution in [1.82, 2.24) is 4.90 Å². The SMILES string of the molecule is CN(CC(=O)Nc1ccc(OC(F)(F)F)cc1)C(=O)Cc1ccccc1Cl. The molecule has 0 spiro atoms. The minimum Gasteiger partial charge on any atom is -0.406 e. The topological polar surface area (TPSA) is 58.6 Å². The average molecular weight is 401 g/mol. The summed E-state index contributed by atoms with van der Waals surface area (Å²) in [6.07, 6.45) is -4.73.